The minimum Gasteiger partial charge on any atom is -0.0620 e. The van der Waals surface area contributed by atoms with Crippen LogP contribution >= 0.6 is 0 Å². The van der Waals surface area contributed by atoms with E-state index >= 15 is 0 Å². The molecule has 4 aromatic carbocycles. The van der Waals surface area contributed by atoms with Gasteiger partial charge in [0.15, 0.2) is 8.07 Å². The maximum absolute atomic E-state index is 2.74. The van der Waals surface area contributed by atoms with Crippen LogP contribution in [0, 0.1) is 0 Å². The Kier molecular flexibility index (Phi) is 8.13. The van der Waals surface area contributed by atoms with Gasteiger partial charge in [-0.3, -0.25) is 0 Å². The Morgan fingerprint density at radius 2 is 0.512 bits per heavy atom. The monoisotopic (exact) mass is 560 g/mol. The lowest BCUT2D eigenvalue weighted by molar-refractivity contribution is 0.590. The lowest BCUT2D eigenvalue weighted by Gasteiger charge is -2.38. The Balaban J connectivity index is 2.25. The summed E-state index contributed by atoms with van der Waals surface area (Å²) in [5.41, 5.74) is 5.79. The zero-order valence-electron chi connectivity index (χ0n) is 27.7. The minimum atomic E-state index is -2.74. The summed E-state index contributed by atoms with van der Waals surface area (Å²) in [5.74, 6) is 0. The van der Waals surface area contributed by atoms with Gasteiger partial charge in [0, 0.05) is 0 Å². The molecule has 0 aliphatic rings. The van der Waals surface area contributed by atoms with E-state index in [9.17, 15) is 0 Å². The highest BCUT2D eigenvalue weighted by molar-refractivity contribution is 7.19. The van der Waals surface area contributed by atoms with Gasteiger partial charge in [-0.25, -0.2) is 0 Å². The summed E-state index contributed by atoms with van der Waals surface area (Å²) in [7, 11) is -2.74. The Hall–Kier alpha value is -2.90. The third kappa shape index (κ3) is 6.31. The van der Waals surface area contributed by atoms with Gasteiger partial charge < -0.3 is 0 Å². The van der Waals surface area contributed by atoms with Gasteiger partial charge in [0.2, 0.25) is 0 Å². The maximum Gasteiger partial charge on any atom is 0.179 e. The molecule has 0 heterocycles. The highest BCUT2D eigenvalue weighted by Crippen LogP contribution is 2.27. The van der Waals surface area contributed by atoms with Crippen LogP contribution in [0.25, 0.3) is 0 Å². The topological polar surface area (TPSA) is 0 Å². The average molecular weight is 561 g/mol. The predicted octanol–water partition coefficient (Wildman–Crippen LogP) is 8.25. The first kappa shape index (κ1) is 31.0. The smallest absolute Gasteiger partial charge is 0.0620 e. The normalized spacial score (nSPS) is 13.4. The van der Waals surface area contributed by atoms with Crippen LogP contribution in [0.5, 0.6) is 0 Å². The molecule has 0 saturated heterocycles. The zero-order chi connectivity index (χ0) is 30.4. The summed E-state index contributed by atoms with van der Waals surface area (Å²) in [4.78, 5) is 0. The van der Waals surface area contributed by atoms with Crippen LogP contribution in [-0.2, 0) is 21.7 Å². The number of hydrogen-bond donors (Lipinski definition) is 0. The fourth-order valence-electron chi connectivity index (χ4n) is 5.88. The SMILES string of the molecule is CC(C)(C)c1cccc([Si](c2cccc(C(C)(C)C)c2)(c2cccc(C(C)(C)C)c2)c2cccc(C(C)(C)C)c2)c1. The van der Waals surface area contributed by atoms with Crippen LogP contribution in [0.3, 0.4) is 0 Å². The van der Waals surface area contributed by atoms with E-state index in [0.29, 0.717) is 0 Å². The molecular weight excluding hydrogens is 509 g/mol. The van der Waals surface area contributed by atoms with Gasteiger partial charge >= 0.3 is 0 Å². The molecule has 1 heteroatoms. The fraction of sp³-hybridized carbons (Fsp3) is 0.400. The standard InChI is InChI=1S/C40H52Si/c1-37(2,3)29-17-13-21-33(25-29)41(34-22-14-18-30(26-34)38(4,5)6,35-23-15-19-31(27-35)39(7,8)9)36-24-16-20-32(28-36)40(10,11)12/h13-28H,1-12H3. The lowest BCUT2D eigenvalue weighted by Crippen LogP contribution is -2.75. The molecule has 0 spiro atoms. The summed E-state index contributed by atoms with van der Waals surface area (Å²) in [6.07, 6.45) is 0. The molecule has 41 heavy (non-hydrogen) atoms. The molecule has 216 valence electrons. The van der Waals surface area contributed by atoms with Gasteiger partial charge in [-0.05, 0) is 64.7 Å². The molecule has 0 aliphatic heterocycles. The van der Waals surface area contributed by atoms with Crippen LogP contribution in [0.1, 0.15) is 105 Å². The fourth-order valence-corrected chi connectivity index (χ4v) is 10.7. The van der Waals surface area contributed by atoms with Crippen molar-refractivity contribution < 1.29 is 0 Å². The molecule has 0 atom stereocenters. The quantitative estimate of drug-likeness (QED) is 0.174. The van der Waals surface area contributed by atoms with Gasteiger partial charge in [0.25, 0.3) is 0 Å². The first-order chi connectivity index (χ1) is 18.8. The third-order valence-corrected chi connectivity index (χ3v) is 13.4. The van der Waals surface area contributed by atoms with Crippen molar-refractivity contribution in [2.24, 2.45) is 0 Å². The highest BCUT2D eigenvalue weighted by atomic mass is 28.3. The average Bonchev–Trinajstić information content (AvgIpc) is 2.88. The van der Waals surface area contributed by atoms with Crippen molar-refractivity contribution in [1.82, 2.24) is 0 Å². The molecule has 0 aliphatic carbocycles. The molecule has 0 bridgehead atoms. The van der Waals surface area contributed by atoms with Crippen molar-refractivity contribution in [2.75, 3.05) is 0 Å². The summed E-state index contributed by atoms with van der Waals surface area (Å²) < 4.78 is 0. The molecular formula is C40H52Si. The van der Waals surface area contributed by atoms with E-state index in [1.54, 1.807) is 0 Å². The minimum absolute atomic E-state index is 0.0594. The van der Waals surface area contributed by atoms with E-state index in [2.05, 4.69) is 180 Å². The van der Waals surface area contributed by atoms with Crippen LogP contribution in [0.2, 0.25) is 0 Å². The van der Waals surface area contributed by atoms with Crippen molar-refractivity contribution in [1.29, 1.82) is 0 Å². The van der Waals surface area contributed by atoms with Gasteiger partial charge in [0.05, 0.1) is 0 Å². The van der Waals surface area contributed by atoms with Crippen LogP contribution in [-0.4, -0.2) is 8.07 Å². The highest BCUT2D eigenvalue weighted by Gasteiger charge is 2.43. The molecule has 4 rings (SSSR count). The number of hydrogen-bond acceptors (Lipinski definition) is 0. The molecule has 0 unspecified atom stereocenters. The molecule has 0 amide bonds. The van der Waals surface area contributed by atoms with Crippen LogP contribution < -0.4 is 20.7 Å². The lowest BCUT2D eigenvalue weighted by atomic mass is 9.87. The Labute approximate surface area is 252 Å². The summed E-state index contributed by atoms with van der Waals surface area (Å²) in [5, 5.41) is 5.81. The second kappa shape index (κ2) is 10.7. The van der Waals surface area contributed by atoms with Crippen molar-refractivity contribution in [3.05, 3.63) is 119 Å². The van der Waals surface area contributed by atoms with Gasteiger partial charge in [-0.1, -0.05) is 180 Å². The first-order valence-electron chi connectivity index (χ1n) is 15.3. The van der Waals surface area contributed by atoms with E-state index in [1.165, 1.54) is 43.0 Å². The van der Waals surface area contributed by atoms with E-state index in [4.69, 9.17) is 0 Å². The predicted molar refractivity (Wildman–Crippen MR) is 185 cm³/mol. The van der Waals surface area contributed by atoms with Gasteiger partial charge in [-0.15, -0.1) is 0 Å². The molecule has 0 fully saturated rings. The number of benzene rings is 4. The Morgan fingerprint density at radius 3 is 0.683 bits per heavy atom. The van der Waals surface area contributed by atoms with E-state index < -0.39 is 8.07 Å². The van der Waals surface area contributed by atoms with Crippen LogP contribution in [0.4, 0.5) is 0 Å². The third-order valence-electron chi connectivity index (χ3n) is 8.65. The molecule has 0 saturated carbocycles. The molecule has 0 aromatic heterocycles. The van der Waals surface area contributed by atoms with Gasteiger partial charge in [-0.2, -0.15) is 0 Å². The summed E-state index contributed by atoms with van der Waals surface area (Å²) in [6, 6.07) is 38.2. The van der Waals surface area contributed by atoms with E-state index in [0.717, 1.165) is 0 Å². The number of rotatable bonds is 4. The van der Waals surface area contributed by atoms with Crippen LogP contribution in [0.15, 0.2) is 97.1 Å². The van der Waals surface area contributed by atoms with Crippen molar-refractivity contribution in [3.63, 3.8) is 0 Å². The molecule has 0 radical (unpaired) electrons. The first-order valence-corrected chi connectivity index (χ1v) is 17.3. The molecule has 0 N–H and O–H groups in total. The van der Waals surface area contributed by atoms with Gasteiger partial charge in [0.1, 0.15) is 0 Å². The van der Waals surface area contributed by atoms with E-state index in [1.807, 2.05) is 0 Å². The van der Waals surface area contributed by atoms with Crippen molar-refractivity contribution in [2.45, 2.75) is 105 Å². The summed E-state index contributed by atoms with van der Waals surface area (Å²) >= 11 is 0. The van der Waals surface area contributed by atoms with E-state index in [-0.39, 0.29) is 21.7 Å². The zero-order valence-corrected chi connectivity index (χ0v) is 28.7. The molecule has 0 nitrogen and oxygen atoms in total. The van der Waals surface area contributed by atoms with Crippen molar-refractivity contribution in [3.8, 4) is 0 Å². The second-order valence-electron chi connectivity index (χ2n) is 16.1. The Morgan fingerprint density at radius 1 is 0.317 bits per heavy atom. The largest absolute Gasteiger partial charge is 0.179 e. The molecule has 4 aromatic rings. The maximum atomic E-state index is 2.53. The Bertz CT molecular complexity index is 1270. The van der Waals surface area contributed by atoms with Crippen molar-refractivity contribution >= 4 is 28.8 Å². The summed E-state index contributed by atoms with van der Waals surface area (Å²) in [6.45, 7) is 28.0. The second-order valence-corrected chi connectivity index (χ2v) is 19.9.